The summed E-state index contributed by atoms with van der Waals surface area (Å²) < 4.78 is 11.1. The molecule has 1 saturated carbocycles. The minimum atomic E-state index is -0.331. The molecule has 0 bridgehead atoms. The van der Waals surface area contributed by atoms with Crippen molar-refractivity contribution in [3.63, 3.8) is 0 Å². The maximum Gasteiger partial charge on any atom is 0.251 e. The van der Waals surface area contributed by atoms with Crippen LogP contribution in [0.5, 0.6) is 0 Å². The fraction of sp³-hybridized carbons (Fsp3) is 0.650. The van der Waals surface area contributed by atoms with Crippen LogP contribution < -0.4 is 5.32 Å². The lowest BCUT2D eigenvalue weighted by atomic mass is 10.0. The van der Waals surface area contributed by atoms with Gasteiger partial charge in [0.05, 0.1) is 13.2 Å². The van der Waals surface area contributed by atoms with E-state index in [1.165, 1.54) is 45.2 Å². The number of nitrogens with one attached hydrogen (secondary N) is 1. The van der Waals surface area contributed by atoms with Gasteiger partial charge in [-0.3, -0.25) is 4.79 Å². The number of rotatable bonds is 5. The molecule has 25 heavy (non-hydrogen) atoms. The Morgan fingerprint density at radius 1 is 1.12 bits per heavy atom. The van der Waals surface area contributed by atoms with E-state index >= 15 is 0 Å². The van der Waals surface area contributed by atoms with Crippen molar-refractivity contribution in [2.75, 3.05) is 32.8 Å². The van der Waals surface area contributed by atoms with Crippen molar-refractivity contribution >= 4 is 5.91 Å². The number of ether oxygens (including phenoxy) is 2. The summed E-state index contributed by atoms with van der Waals surface area (Å²) in [5, 5.41) is 3.16. The average molecular weight is 344 g/mol. The molecule has 0 unspecified atom stereocenters. The van der Waals surface area contributed by atoms with Gasteiger partial charge in [0.15, 0.2) is 6.29 Å². The third-order valence-electron chi connectivity index (χ3n) is 5.80. The Kier molecular flexibility index (Phi) is 5.34. The lowest BCUT2D eigenvalue weighted by molar-refractivity contribution is -0.0441. The summed E-state index contributed by atoms with van der Waals surface area (Å²) in [7, 11) is 0. The van der Waals surface area contributed by atoms with Gasteiger partial charge in [0, 0.05) is 23.7 Å². The van der Waals surface area contributed by atoms with Crippen molar-refractivity contribution in [3.05, 3.63) is 35.4 Å². The van der Waals surface area contributed by atoms with E-state index in [2.05, 4.69) is 10.2 Å². The van der Waals surface area contributed by atoms with E-state index in [-0.39, 0.29) is 12.2 Å². The molecule has 0 aromatic heterocycles. The summed E-state index contributed by atoms with van der Waals surface area (Å²) in [5.41, 5.74) is 1.60. The molecule has 2 saturated heterocycles. The zero-order valence-electron chi connectivity index (χ0n) is 14.8. The van der Waals surface area contributed by atoms with Crippen molar-refractivity contribution in [2.45, 2.75) is 44.4 Å². The lowest BCUT2D eigenvalue weighted by Crippen LogP contribution is -2.41. The molecule has 1 aromatic rings. The molecule has 0 radical (unpaired) electrons. The number of amides is 1. The maximum absolute atomic E-state index is 12.6. The third-order valence-corrected chi connectivity index (χ3v) is 5.80. The van der Waals surface area contributed by atoms with Crippen LogP contribution in [0, 0.1) is 5.92 Å². The van der Waals surface area contributed by atoms with Gasteiger partial charge in [-0.25, -0.2) is 0 Å². The van der Waals surface area contributed by atoms with E-state index in [1.807, 2.05) is 24.3 Å². The van der Waals surface area contributed by atoms with E-state index in [9.17, 15) is 4.79 Å². The summed E-state index contributed by atoms with van der Waals surface area (Å²) in [4.78, 5) is 15.2. The van der Waals surface area contributed by atoms with Crippen molar-refractivity contribution < 1.29 is 14.3 Å². The Bertz CT molecular complexity index is 594. The molecule has 2 heterocycles. The number of benzene rings is 1. The fourth-order valence-electron chi connectivity index (χ4n) is 4.51. The highest BCUT2D eigenvalue weighted by Gasteiger charge is 2.33. The third kappa shape index (κ3) is 3.89. The summed E-state index contributed by atoms with van der Waals surface area (Å²) in [6.07, 6.45) is 6.12. The molecule has 1 aromatic carbocycles. The largest absolute Gasteiger partial charge is 0.352 e. The first-order valence-corrected chi connectivity index (χ1v) is 9.67. The maximum atomic E-state index is 12.6. The van der Waals surface area contributed by atoms with Crippen LogP contribution in [0.2, 0.25) is 0 Å². The molecule has 5 nitrogen and oxygen atoms in total. The molecule has 0 spiro atoms. The quantitative estimate of drug-likeness (QED) is 0.892. The molecule has 3 fully saturated rings. The van der Waals surface area contributed by atoms with Gasteiger partial charge in [0.2, 0.25) is 0 Å². The smallest absolute Gasteiger partial charge is 0.251 e. The van der Waals surface area contributed by atoms with Crippen LogP contribution in [0.3, 0.4) is 0 Å². The first-order valence-electron chi connectivity index (χ1n) is 9.67. The standard InChI is InChI=1S/C20H28N2O3/c23-19(15-5-3-6-16(13-15)20-24-11-12-25-20)21-14-17-7-4-8-18(17)22-9-1-2-10-22/h3,5-6,13,17-18,20H,1-2,4,7-12,14H2,(H,21,23)/t17-,18+/m0/s1. The summed E-state index contributed by atoms with van der Waals surface area (Å²) in [6, 6.07) is 8.26. The molecular formula is C20H28N2O3. The second-order valence-corrected chi connectivity index (χ2v) is 7.41. The Labute approximate surface area is 149 Å². The molecule has 1 aliphatic carbocycles. The van der Waals surface area contributed by atoms with Crippen molar-refractivity contribution in [3.8, 4) is 0 Å². The van der Waals surface area contributed by atoms with E-state index < -0.39 is 0 Å². The highest BCUT2D eigenvalue weighted by atomic mass is 16.7. The van der Waals surface area contributed by atoms with Gasteiger partial charge in [0.1, 0.15) is 0 Å². The minimum absolute atomic E-state index is 0.00641. The van der Waals surface area contributed by atoms with E-state index in [0.717, 1.165) is 12.1 Å². The topological polar surface area (TPSA) is 50.8 Å². The Hall–Kier alpha value is -1.43. The Balaban J connectivity index is 1.34. The second kappa shape index (κ2) is 7.85. The first-order chi connectivity index (χ1) is 12.3. The van der Waals surface area contributed by atoms with Gasteiger partial charge in [-0.15, -0.1) is 0 Å². The molecular weight excluding hydrogens is 316 g/mol. The van der Waals surface area contributed by atoms with Gasteiger partial charge in [-0.2, -0.15) is 0 Å². The van der Waals surface area contributed by atoms with Crippen molar-refractivity contribution in [1.29, 1.82) is 0 Å². The summed E-state index contributed by atoms with van der Waals surface area (Å²) >= 11 is 0. The van der Waals surface area contributed by atoms with Gasteiger partial charge >= 0.3 is 0 Å². The van der Waals surface area contributed by atoms with E-state index in [4.69, 9.17) is 9.47 Å². The normalized spacial score (nSPS) is 27.8. The molecule has 5 heteroatoms. The first kappa shape index (κ1) is 17.0. The van der Waals surface area contributed by atoms with Crippen LogP contribution in [0.1, 0.15) is 54.3 Å². The SMILES string of the molecule is O=C(NC[C@@H]1CCC[C@H]1N1CCCC1)c1cccc(C2OCCO2)c1. The average Bonchev–Trinajstić information content (AvgIpc) is 3.41. The van der Waals surface area contributed by atoms with Gasteiger partial charge in [0.25, 0.3) is 5.91 Å². The summed E-state index contributed by atoms with van der Waals surface area (Å²) in [6.45, 7) is 4.47. The molecule has 136 valence electrons. The van der Waals surface area contributed by atoms with E-state index in [0.29, 0.717) is 30.7 Å². The number of carbonyl (C=O) groups is 1. The number of likely N-dealkylation sites (tertiary alicyclic amines) is 1. The molecule has 2 atom stereocenters. The van der Waals surface area contributed by atoms with E-state index in [1.54, 1.807) is 0 Å². The predicted molar refractivity (Wildman–Crippen MR) is 95.4 cm³/mol. The second-order valence-electron chi connectivity index (χ2n) is 7.41. The van der Waals surface area contributed by atoms with Gasteiger partial charge in [-0.05, 0) is 56.8 Å². The van der Waals surface area contributed by atoms with Crippen molar-refractivity contribution in [1.82, 2.24) is 10.2 Å². The van der Waals surface area contributed by atoms with Crippen LogP contribution in [-0.4, -0.2) is 49.7 Å². The lowest BCUT2D eigenvalue weighted by Gasteiger charge is -2.29. The predicted octanol–water partition coefficient (Wildman–Crippen LogP) is 2.73. The van der Waals surface area contributed by atoms with Crippen LogP contribution in [-0.2, 0) is 9.47 Å². The zero-order chi connectivity index (χ0) is 17.1. The van der Waals surface area contributed by atoms with Crippen LogP contribution in [0.25, 0.3) is 0 Å². The highest BCUT2D eigenvalue weighted by Crippen LogP contribution is 2.31. The Morgan fingerprint density at radius 3 is 2.72 bits per heavy atom. The number of nitrogens with zero attached hydrogens (tertiary/aromatic N) is 1. The Morgan fingerprint density at radius 2 is 1.92 bits per heavy atom. The number of hydrogen-bond acceptors (Lipinski definition) is 4. The number of carbonyl (C=O) groups excluding carboxylic acids is 1. The zero-order valence-corrected chi connectivity index (χ0v) is 14.8. The molecule has 2 aliphatic heterocycles. The fourth-order valence-corrected chi connectivity index (χ4v) is 4.51. The van der Waals surface area contributed by atoms with Crippen LogP contribution in [0.4, 0.5) is 0 Å². The van der Waals surface area contributed by atoms with Crippen LogP contribution in [0.15, 0.2) is 24.3 Å². The molecule has 4 rings (SSSR count). The van der Waals surface area contributed by atoms with Crippen LogP contribution >= 0.6 is 0 Å². The molecule has 1 N–H and O–H groups in total. The summed E-state index contributed by atoms with van der Waals surface area (Å²) in [5.74, 6) is 0.596. The minimum Gasteiger partial charge on any atom is -0.352 e. The number of hydrogen-bond donors (Lipinski definition) is 1. The monoisotopic (exact) mass is 344 g/mol. The molecule has 3 aliphatic rings. The highest BCUT2D eigenvalue weighted by molar-refractivity contribution is 5.94. The van der Waals surface area contributed by atoms with Gasteiger partial charge < -0.3 is 19.7 Å². The molecule has 1 amide bonds. The van der Waals surface area contributed by atoms with Gasteiger partial charge in [-0.1, -0.05) is 18.6 Å². The van der Waals surface area contributed by atoms with Crippen molar-refractivity contribution in [2.24, 2.45) is 5.92 Å².